The minimum absolute atomic E-state index is 0.248. The van der Waals surface area contributed by atoms with Gasteiger partial charge in [0.25, 0.3) is 0 Å². The molecule has 1 aromatic heterocycles. The van der Waals surface area contributed by atoms with Crippen LogP contribution in [0.25, 0.3) is 0 Å². The van der Waals surface area contributed by atoms with Crippen LogP contribution in [-0.4, -0.2) is 24.3 Å². The fraction of sp³-hybridized carbons (Fsp3) is 0.615. The van der Waals surface area contributed by atoms with Gasteiger partial charge in [0, 0.05) is 5.41 Å². The average Bonchev–Trinajstić information content (AvgIpc) is 2.49. The van der Waals surface area contributed by atoms with Crippen LogP contribution in [0.4, 0.5) is 0 Å². The summed E-state index contributed by atoms with van der Waals surface area (Å²) in [6, 6.07) is 3.89. The predicted octanol–water partition coefficient (Wildman–Crippen LogP) is 2.64. The normalized spacial score (nSPS) is 12.1. The molecule has 0 aliphatic carbocycles. The highest BCUT2D eigenvalue weighted by Gasteiger charge is 2.22. The van der Waals surface area contributed by atoms with E-state index in [4.69, 9.17) is 4.42 Å². The van der Waals surface area contributed by atoms with Gasteiger partial charge in [-0.15, -0.1) is 0 Å². The van der Waals surface area contributed by atoms with E-state index in [1.165, 1.54) is 0 Å². The summed E-state index contributed by atoms with van der Waals surface area (Å²) in [7, 11) is 1.93. The standard InChI is InChI=1S/C13H21NO2/c1-10-6-7-11(16-10)8-14(5)9-12(15)13(2,3)4/h6-7H,8-9H2,1-5H3. The summed E-state index contributed by atoms with van der Waals surface area (Å²) < 4.78 is 5.47. The summed E-state index contributed by atoms with van der Waals surface area (Å²) >= 11 is 0. The van der Waals surface area contributed by atoms with Crippen molar-refractivity contribution in [2.75, 3.05) is 13.6 Å². The van der Waals surface area contributed by atoms with Gasteiger partial charge in [-0.2, -0.15) is 0 Å². The van der Waals surface area contributed by atoms with E-state index in [9.17, 15) is 4.79 Å². The van der Waals surface area contributed by atoms with Crippen molar-refractivity contribution < 1.29 is 9.21 Å². The number of nitrogens with zero attached hydrogens (tertiary/aromatic N) is 1. The molecule has 0 atom stereocenters. The molecule has 0 amide bonds. The largest absolute Gasteiger partial charge is 0.465 e. The molecule has 0 N–H and O–H groups in total. The second kappa shape index (κ2) is 4.83. The second-order valence-electron chi connectivity index (χ2n) is 5.36. The monoisotopic (exact) mass is 223 g/mol. The average molecular weight is 223 g/mol. The number of hydrogen-bond acceptors (Lipinski definition) is 3. The van der Waals surface area contributed by atoms with Gasteiger partial charge in [0.2, 0.25) is 0 Å². The zero-order chi connectivity index (χ0) is 12.3. The number of carbonyl (C=O) groups excluding carboxylic acids is 1. The highest BCUT2D eigenvalue weighted by molar-refractivity contribution is 5.85. The zero-order valence-electron chi connectivity index (χ0n) is 10.8. The van der Waals surface area contributed by atoms with Crippen LogP contribution < -0.4 is 0 Å². The van der Waals surface area contributed by atoms with Gasteiger partial charge in [-0.05, 0) is 26.1 Å². The SMILES string of the molecule is Cc1ccc(CN(C)CC(=O)C(C)(C)C)o1. The van der Waals surface area contributed by atoms with Gasteiger partial charge in [0.15, 0.2) is 5.78 Å². The molecular formula is C13H21NO2. The van der Waals surface area contributed by atoms with E-state index in [1.807, 2.05) is 51.8 Å². The number of ketones is 1. The van der Waals surface area contributed by atoms with Gasteiger partial charge in [-0.1, -0.05) is 20.8 Å². The first-order chi connectivity index (χ1) is 7.29. The van der Waals surface area contributed by atoms with Crippen LogP contribution >= 0.6 is 0 Å². The lowest BCUT2D eigenvalue weighted by molar-refractivity contribution is -0.127. The van der Waals surface area contributed by atoms with E-state index >= 15 is 0 Å². The Morgan fingerprint density at radius 3 is 2.44 bits per heavy atom. The molecule has 0 radical (unpaired) electrons. The van der Waals surface area contributed by atoms with Crippen molar-refractivity contribution in [3.8, 4) is 0 Å². The number of likely N-dealkylation sites (N-methyl/N-ethyl adjacent to an activating group) is 1. The first kappa shape index (κ1) is 13.0. The molecule has 0 spiro atoms. The fourth-order valence-corrected chi connectivity index (χ4v) is 1.37. The molecule has 0 saturated heterocycles. The van der Waals surface area contributed by atoms with Crippen molar-refractivity contribution in [2.45, 2.75) is 34.2 Å². The van der Waals surface area contributed by atoms with Crippen molar-refractivity contribution in [1.82, 2.24) is 4.90 Å². The molecule has 0 aliphatic rings. The van der Waals surface area contributed by atoms with Gasteiger partial charge in [0.05, 0.1) is 13.1 Å². The van der Waals surface area contributed by atoms with Crippen LogP contribution in [0.3, 0.4) is 0 Å². The summed E-state index contributed by atoms with van der Waals surface area (Å²) in [5, 5.41) is 0. The quantitative estimate of drug-likeness (QED) is 0.786. The minimum Gasteiger partial charge on any atom is -0.465 e. The second-order valence-corrected chi connectivity index (χ2v) is 5.36. The van der Waals surface area contributed by atoms with Crippen molar-refractivity contribution in [1.29, 1.82) is 0 Å². The fourth-order valence-electron chi connectivity index (χ4n) is 1.37. The van der Waals surface area contributed by atoms with Gasteiger partial charge in [-0.25, -0.2) is 0 Å². The maximum Gasteiger partial charge on any atom is 0.152 e. The number of carbonyl (C=O) groups is 1. The van der Waals surface area contributed by atoms with E-state index in [2.05, 4.69) is 0 Å². The van der Waals surface area contributed by atoms with Gasteiger partial charge < -0.3 is 4.42 Å². The molecule has 90 valence electrons. The Morgan fingerprint density at radius 1 is 1.38 bits per heavy atom. The molecule has 3 nitrogen and oxygen atoms in total. The number of rotatable bonds is 4. The third-order valence-corrected chi connectivity index (χ3v) is 2.47. The third kappa shape index (κ3) is 3.81. The molecule has 0 saturated carbocycles. The van der Waals surface area contributed by atoms with Crippen molar-refractivity contribution >= 4 is 5.78 Å². The smallest absolute Gasteiger partial charge is 0.152 e. The maximum absolute atomic E-state index is 11.8. The number of aryl methyl sites for hydroxylation is 1. The molecular weight excluding hydrogens is 202 g/mol. The summed E-state index contributed by atoms with van der Waals surface area (Å²) in [5.74, 6) is 2.06. The van der Waals surface area contributed by atoms with Gasteiger partial charge in [-0.3, -0.25) is 9.69 Å². The predicted molar refractivity (Wildman–Crippen MR) is 64.2 cm³/mol. The lowest BCUT2D eigenvalue weighted by Gasteiger charge is -2.21. The van der Waals surface area contributed by atoms with E-state index in [1.54, 1.807) is 0 Å². The molecule has 1 heterocycles. The number of Topliss-reactive ketones (excluding diaryl/α,β-unsaturated/α-hetero) is 1. The van der Waals surface area contributed by atoms with E-state index in [0.717, 1.165) is 11.5 Å². The van der Waals surface area contributed by atoms with Crippen molar-refractivity contribution in [3.63, 3.8) is 0 Å². The van der Waals surface area contributed by atoms with Crippen molar-refractivity contribution in [2.24, 2.45) is 5.41 Å². The molecule has 16 heavy (non-hydrogen) atoms. The first-order valence-electron chi connectivity index (χ1n) is 5.56. The van der Waals surface area contributed by atoms with E-state index in [-0.39, 0.29) is 11.2 Å². The number of furan rings is 1. The van der Waals surface area contributed by atoms with E-state index in [0.29, 0.717) is 13.1 Å². The summed E-state index contributed by atoms with van der Waals surface area (Å²) in [4.78, 5) is 13.8. The molecule has 0 aliphatic heterocycles. The van der Waals surface area contributed by atoms with Crippen LogP contribution in [0.5, 0.6) is 0 Å². The Kier molecular flexibility index (Phi) is 3.92. The Morgan fingerprint density at radius 2 is 2.00 bits per heavy atom. The Balaban J connectivity index is 2.48. The lowest BCUT2D eigenvalue weighted by atomic mass is 9.90. The lowest BCUT2D eigenvalue weighted by Crippen LogP contribution is -2.33. The maximum atomic E-state index is 11.8. The highest BCUT2D eigenvalue weighted by Crippen LogP contribution is 2.16. The van der Waals surface area contributed by atoms with Gasteiger partial charge >= 0.3 is 0 Å². The first-order valence-corrected chi connectivity index (χ1v) is 5.56. The molecule has 0 aromatic carbocycles. The Labute approximate surface area is 97.4 Å². The van der Waals surface area contributed by atoms with Crippen LogP contribution in [0.15, 0.2) is 16.5 Å². The Bertz CT molecular complexity index is 360. The van der Waals surface area contributed by atoms with Crippen LogP contribution in [0.2, 0.25) is 0 Å². The molecule has 0 unspecified atom stereocenters. The third-order valence-electron chi connectivity index (χ3n) is 2.47. The zero-order valence-corrected chi connectivity index (χ0v) is 10.8. The van der Waals surface area contributed by atoms with Crippen LogP contribution in [0, 0.1) is 12.3 Å². The van der Waals surface area contributed by atoms with Gasteiger partial charge in [0.1, 0.15) is 11.5 Å². The van der Waals surface area contributed by atoms with Crippen molar-refractivity contribution in [3.05, 3.63) is 23.7 Å². The topological polar surface area (TPSA) is 33.5 Å². The molecule has 3 heteroatoms. The molecule has 0 fully saturated rings. The highest BCUT2D eigenvalue weighted by atomic mass is 16.3. The van der Waals surface area contributed by atoms with Crippen LogP contribution in [0.1, 0.15) is 32.3 Å². The molecule has 0 bridgehead atoms. The molecule has 1 aromatic rings. The molecule has 1 rings (SSSR count). The number of hydrogen-bond donors (Lipinski definition) is 0. The summed E-state index contributed by atoms with van der Waals surface area (Å²) in [6.45, 7) is 8.89. The summed E-state index contributed by atoms with van der Waals surface area (Å²) in [5.41, 5.74) is -0.270. The minimum atomic E-state index is -0.270. The summed E-state index contributed by atoms with van der Waals surface area (Å²) in [6.07, 6.45) is 0. The Hall–Kier alpha value is -1.09. The van der Waals surface area contributed by atoms with E-state index < -0.39 is 0 Å². The van der Waals surface area contributed by atoms with Crippen LogP contribution in [-0.2, 0) is 11.3 Å².